The Morgan fingerprint density at radius 3 is 2.75 bits per heavy atom. The van der Waals surface area contributed by atoms with Gasteiger partial charge in [-0.15, -0.1) is 11.3 Å². The Kier molecular flexibility index (Phi) is 4.99. The lowest BCUT2D eigenvalue weighted by atomic mass is 9.85. The van der Waals surface area contributed by atoms with Crippen LogP contribution in [0.4, 0.5) is 0 Å². The van der Waals surface area contributed by atoms with Crippen molar-refractivity contribution in [2.24, 2.45) is 7.05 Å². The maximum Gasteiger partial charge on any atom is 0.345 e. The van der Waals surface area contributed by atoms with Gasteiger partial charge < -0.3 is 10.4 Å². The zero-order valence-corrected chi connectivity index (χ0v) is 14.4. The van der Waals surface area contributed by atoms with Crippen LogP contribution in [0.5, 0.6) is 0 Å². The molecule has 2 N–H and O–H groups in total. The zero-order valence-electron chi connectivity index (χ0n) is 13.6. The quantitative estimate of drug-likeness (QED) is 0.870. The van der Waals surface area contributed by atoms with Gasteiger partial charge in [0, 0.05) is 24.0 Å². The molecule has 0 aliphatic heterocycles. The molecule has 1 aliphatic carbocycles. The van der Waals surface area contributed by atoms with Gasteiger partial charge in [-0.25, -0.2) is 4.79 Å². The molecule has 0 atom stereocenters. The lowest BCUT2D eigenvalue weighted by molar-refractivity contribution is 0.0702. The Balaban J connectivity index is 1.69. The molecular formula is C17H21N3O3S. The van der Waals surface area contributed by atoms with Gasteiger partial charge in [0.25, 0.3) is 5.91 Å². The number of carbonyl (C=O) groups excluding carboxylic acids is 1. The number of carboxylic acids is 1. The van der Waals surface area contributed by atoms with E-state index in [4.69, 9.17) is 5.11 Å². The summed E-state index contributed by atoms with van der Waals surface area (Å²) >= 11 is 1.18. The highest BCUT2D eigenvalue weighted by Gasteiger charge is 2.24. The fraction of sp³-hybridized carbons (Fsp3) is 0.471. The molecule has 0 spiro atoms. The molecule has 24 heavy (non-hydrogen) atoms. The second-order valence-electron chi connectivity index (χ2n) is 6.19. The van der Waals surface area contributed by atoms with Crippen molar-refractivity contribution >= 4 is 23.2 Å². The Morgan fingerprint density at radius 1 is 1.33 bits per heavy atom. The number of aromatic nitrogens is 2. The predicted molar refractivity (Wildman–Crippen MR) is 91.5 cm³/mol. The molecule has 2 heterocycles. The SMILES string of the molecule is Cn1cc(C(=O)NCc2ccc(C(=O)O)s2)c(C2CCCCC2)n1. The molecule has 0 radical (unpaired) electrons. The summed E-state index contributed by atoms with van der Waals surface area (Å²) in [7, 11) is 1.83. The van der Waals surface area contributed by atoms with E-state index < -0.39 is 5.97 Å². The smallest absolute Gasteiger partial charge is 0.345 e. The van der Waals surface area contributed by atoms with Crippen molar-refractivity contribution in [1.29, 1.82) is 0 Å². The Morgan fingerprint density at radius 2 is 2.08 bits per heavy atom. The van der Waals surface area contributed by atoms with Gasteiger partial charge >= 0.3 is 5.97 Å². The number of amides is 1. The number of rotatable bonds is 5. The highest BCUT2D eigenvalue weighted by molar-refractivity contribution is 7.13. The van der Waals surface area contributed by atoms with Crippen LogP contribution in [0.15, 0.2) is 18.3 Å². The van der Waals surface area contributed by atoms with Crippen molar-refractivity contribution in [1.82, 2.24) is 15.1 Å². The molecule has 1 fully saturated rings. The number of hydrogen-bond acceptors (Lipinski definition) is 4. The van der Waals surface area contributed by atoms with Crippen molar-refractivity contribution in [3.05, 3.63) is 39.3 Å². The monoisotopic (exact) mass is 347 g/mol. The van der Waals surface area contributed by atoms with Crippen molar-refractivity contribution in [3.8, 4) is 0 Å². The van der Waals surface area contributed by atoms with Crippen LogP contribution in [0, 0.1) is 0 Å². The van der Waals surface area contributed by atoms with Crippen molar-refractivity contribution in [2.45, 2.75) is 44.6 Å². The molecule has 6 nitrogen and oxygen atoms in total. The largest absolute Gasteiger partial charge is 0.477 e. The maximum absolute atomic E-state index is 12.6. The average Bonchev–Trinajstić information content (AvgIpc) is 3.20. The first-order valence-corrected chi connectivity index (χ1v) is 9.00. The number of aryl methyl sites for hydroxylation is 1. The molecule has 3 rings (SSSR count). The second-order valence-corrected chi connectivity index (χ2v) is 7.36. The molecule has 128 valence electrons. The van der Waals surface area contributed by atoms with Gasteiger partial charge in [0.05, 0.1) is 17.8 Å². The summed E-state index contributed by atoms with van der Waals surface area (Å²) in [6.07, 6.45) is 7.59. The highest BCUT2D eigenvalue weighted by Crippen LogP contribution is 2.33. The zero-order chi connectivity index (χ0) is 17.1. The first kappa shape index (κ1) is 16.7. The average molecular weight is 347 g/mol. The minimum atomic E-state index is -0.940. The van der Waals surface area contributed by atoms with Gasteiger partial charge in [0.2, 0.25) is 0 Å². The van der Waals surface area contributed by atoms with E-state index in [-0.39, 0.29) is 10.8 Å². The first-order valence-electron chi connectivity index (χ1n) is 8.18. The molecular weight excluding hydrogens is 326 g/mol. The molecule has 1 amide bonds. The molecule has 1 aliphatic rings. The fourth-order valence-corrected chi connectivity index (χ4v) is 3.99. The van der Waals surface area contributed by atoms with E-state index in [9.17, 15) is 9.59 Å². The third kappa shape index (κ3) is 3.67. The minimum Gasteiger partial charge on any atom is -0.477 e. The number of hydrogen-bond donors (Lipinski definition) is 2. The van der Waals surface area contributed by atoms with E-state index in [1.165, 1.54) is 30.6 Å². The topological polar surface area (TPSA) is 84.2 Å². The Hall–Kier alpha value is -2.15. The summed E-state index contributed by atoms with van der Waals surface area (Å²) in [4.78, 5) is 24.6. The van der Waals surface area contributed by atoms with E-state index in [0.29, 0.717) is 18.0 Å². The van der Waals surface area contributed by atoms with Crippen LogP contribution in [0.25, 0.3) is 0 Å². The van der Waals surface area contributed by atoms with Crippen LogP contribution in [-0.2, 0) is 13.6 Å². The lowest BCUT2D eigenvalue weighted by Crippen LogP contribution is -2.24. The summed E-state index contributed by atoms with van der Waals surface area (Å²) in [6.45, 7) is 0.329. The van der Waals surface area contributed by atoms with Crippen LogP contribution in [0.1, 0.15) is 68.6 Å². The maximum atomic E-state index is 12.6. The normalized spacial score (nSPS) is 15.4. The van der Waals surface area contributed by atoms with Gasteiger partial charge in [-0.3, -0.25) is 9.48 Å². The number of carboxylic acid groups (broad SMARTS) is 1. The van der Waals surface area contributed by atoms with E-state index in [1.807, 2.05) is 7.05 Å². The second kappa shape index (κ2) is 7.17. The summed E-state index contributed by atoms with van der Waals surface area (Å²) in [5.41, 5.74) is 1.53. The van der Waals surface area contributed by atoms with E-state index in [2.05, 4.69) is 10.4 Å². The summed E-state index contributed by atoms with van der Waals surface area (Å²) in [5.74, 6) is -0.723. The summed E-state index contributed by atoms with van der Waals surface area (Å²) in [5, 5.41) is 16.4. The standard InChI is InChI=1S/C17H21N3O3S/c1-20-10-13(15(19-20)11-5-3-2-4-6-11)16(21)18-9-12-7-8-14(24-12)17(22)23/h7-8,10-11H,2-6,9H2,1H3,(H,18,21)(H,22,23). The molecule has 1 saturated carbocycles. The van der Waals surface area contributed by atoms with Gasteiger partial charge in [-0.2, -0.15) is 5.10 Å². The van der Waals surface area contributed by atoms with Crippen molar-refractivity contribution in [3.63, 3.8) is 0 Å². The van der Waals surface area contributed by atoms with Gasteiger partial charge in [0.15, 0.2) is 0 Å². The van der Waals surface area contributed by atoms with Crippen LogP contribution in [0.3, 0.4) is 0 Å². The number of thiophene rings is 1. The van der Waals surface area contributed by atoms with Gasteiger partial charge in [-0.05, 0) is 25.0 Å². The molecule has 0 aromatic carbocycles. The van der Waals surface area contributed by atoms with Crippen LogP contribution in [-0.4, -0.2) is 26.8 Å². The van der Waals surface area contributed by atoms with Crippen molar-refractivity contribution < 1.29 is 14.7 Å². The highest BCUT2D eigenvalue weighted by atomic mass is 32.1. The van der Waals surface area contributed by atoms with E-state index >= 15 is 0 Å². The molecule has 7 heteroatoms. The van der Waals surface area contributed by atoms with Crippen molar-refractivity contribution in [2.75, 3.05) is 0 Å². The molecule has 0 saturated heterocycles. The van der Waals surface area contributed by atoms with E-state index in [0.717, 1.165) is 23.4 Å². The summed E-state index contributed by atoms with van der Waals surface area (Å²) in [6, 6.07) is 3.30. The fourth-order valence-electron chi connectivity index (χ4n) is 3.21. The predicted octanol–water partition coefficient (Wildman–Crippen LogP) is 3.16. The van der Waals surface area contributed by atoms with E-state index in [1.54, 1.807) is 23.0 Å². The number of nitrogens with zero attached hydrogens (tertiary/aromatic N) is 2. The number of carbonyl (C=O) groups is 2. The first-order chi connectivity index (χ1) is 11.5. The lowest BCUT2D eigenvalue weighted by Gasteiger charge is -2.20. The Labute approximate surface area is 144 Å². The molecule has 2 aromatic rings. The van der Waals surface area contributed by atoms with Gasteiger partial charge in [0.1, 0.15) is 4.88 Å². The third-order valence-electron chi connectivity index (χ3n) is 4.39. The summed E-state index contributed by atoms with van der Waals surface area (Å²) < 4.78 is 1.70. The minimum absolute atomic E-state index is 0.144. The number of aromatic carboxylic acids is 1. The molecule has 0 unspecified atom stereocenters. The molecule has 0 bridgehead atoms. The van der Waals surface area contributed by atoms with Crippen LogP contribution < -0.4 is 5.32 Å². The molecule has 2 aromatic heterocycles. The Bertz CT molecular complexity index is 744. The number of nitrogens with one attached hydrogen (secondary N) is 1. The van der Waals surface area contributed by atoms with Gasteiger partial charge in [-0.1, -0.05) is 19.3 Å². The van der Waals surface area contributed by atoms with Crippen LogP contribution >= 0.6 is 11.3 Å². The third-order valence-corrected chi connectivity index (χ3v) is 5.46. The van der Waals surface area contributed by atoms with Crippen LogP contribution in [0.2, 0.25) is 0 Å².